The zero-order chi connectivity index (χ0) is 41.7. The smallest absolute Gasteiger partial charge is 0.226 e. The fourth-order valence-electron chi connectivity index (χ4n) is 4.81. The third-order valence-corrected chi connectivity index (χ3v) is 8.54. The van der Waals surface area contributed by atoms with Crippen LogP contribution in [0.4, 0.5) is 22.7 Å². The monoisotopic (exact) mass is 764 g/mol. The molecule has 300 valence electrons. The summed E-state index contributed by atoms with van der Waals surface area (Å²) in [6, 6.07) is 26.1. The van der Waals surface area contributed by atoms with Crippen LogP contribution in [0.15, 0.2) is 84.9 Å². The molecule has 0 saturated heterocycles. The largest absolute Gasteiger partial charge is 0.457 e. The molecule has 0 aliphatic heterocycles. The van der Waals surface area contributed by atoms with E-state index in [0.29, 0.717) is 28.9 Å². The van der Waals surface area contributed by atoms with Gasteiger partial charge in [-0.25, -0.2) is 0 Å². The molecule has 4 rings (SSSR count). The minimum Gasteiger partial charge on any atom is -0.457 e. The first kappa shape index (κ1) is 44.8. The quantitative estimate of drug-likeness (QED) is 0.101. The van der Waals surface area contributed by atoms with E-state index in [-0.39, 0.29) is 53.2 Å². The number of rotatable bonds is 14. The van der Waals surface area contributed by atoms with Crippen molar-refractivity contribution < 1.29 is 28.7 Å². The Morgan fingerprint density at radius 2 is 0.643 bits per heavy atom. The lowest BCUT2D eigenvalue weighted by Gasteiger charge is -2.15. The maximum absolute atomic E-state index is 11.9. The van der Waals surface area contributed by atoms with Crippen LogP contribution in [0.1, 0.15) is 106 Å². The molecule has 0 fully saturated rings. The molecule has 4 N–H and O–H groups in total. The molecule has 4 amide bonds. The summed E-state index contributed by atoms with van der Waals surface area (Å²) in [5.74, 6) is 2.78. The second kappa shape index (κ2) is 20.9. The van der Waals surface area contributed by atoms with Crippen molar-refractivity contribution in [3.8, 4) is 23.0 Å². The second-order valence-electron chi connectivity index (χ2n) is 15.7. The normalized spacial score (nSPS) is 11.0. The van der Waals surface area contributed by atoms with Gasteiger partial charge in [-0.1, -0.05) is 83.1 Å². The molecule has 0 aliphatic rings. The van der Waals surface area contributed by atoms with Crippen LogP contribution in [0.2, 0.25) is 0 Å². The molecule has 0 saturated carbocycles. The topological polar surface area (TPSA) is 135 Å². The van der Waals surface area contributed by atoms with Gasteiger partial charge in [0.2, 0.25) is 23.6 Å². The first-order chi connectivity index (χ1) is 26.3. The number of anilines is 4. The van der Waals surface area contributed by atoms with Crippen molar-refractivity contribution in [1.29, 1.82) is 0 Å². The van der Waals surface area contributed by atoms with E-state index >= 15 is 0 Å². The Kier molecular flexibility index (Phi) is 16.7. The van der Waals surface area contributed by atoms with E-state index in [1.54, 1.807) is 6.07 Å². The standard InChI is InChI=1S/C29H34N2O4.C17H26N2O2/c1-18(2)21-15-26(34-24-11-7-22(8-12-24)30-28(32)19(3)4)17-27(16-21)35-25-13-9-23(10-14-25)31-29(33)20(5)6;1-10(2)13-7-14(18-16(20)11(3)4)9-15(8-13)19-17(21)12(5)6/h7-20H,1-6H3,(H,30,32)(H,31,33);7-12H,1-6H3,(H,18,20)(H,19,21). The van der Waals surface area contributed by atoms with E-state index < -0.39 is 0 Å². The highest BCUT2D eigenvalue weighted by Gasteiger charge is 2.14. The van der Waals surface area contributed by atoms with Crippen LogP contribution in [0, 0.1) is 23.7 Å². The van der Waals surface area contributed by atoms with E-state index in [1.165, 1.54) is 0 Å². The van der Waals surface area contributed by atoms with Crippen molar-refractivity contribution in [2.75, 3.05) is 21.3 Å². The second-order valence-corrected chi connectivity index (χ2v) is 15.7. The fourth-order valence-corrected chi connectivity index (χ4v) is 4.81. The average molecular weight is 765 g/mol. The molecular weight excluding hydrogens is 705 g/mol. The van der Waals surface area contributed by atoms with Gasteiger partial charge in [-0.3, -0.25) is 19.2 Å². The molecule has 10 nitrogen and oxygen atoms in total. The number of benzene rings is 4. The van der Waals surface area contributed by atoms with Gasteiger partial charge in [-0.2, -0.15) is 0 Å². The molecule has 0 aromatic heterocycles. The molecule has 10 heteroatoms. The minimum absolute atomic E-state index is 0.0274. The molecule has 0 radical (unpaired) electrons. The molecule has 0 aliphatic carbocycles. The Bertz CT molecular complexity index is 1800. The summed E-state index contributed by atoms with van der Waals surface area (Å²) < 4.78 is 12.2. The Hall–Kier alpha value is -5.64. The first-order valence-corrected chi connectivity index (χ1v) is 19.4. The summed E-state index contributed by atoms with van der Waals surface area (Å²) in [5.41, 5.74) is 5.06. The average Bonchev–Trinajstić information content (AvgIpc) is 3.13. The number of hydrogen-bond donors (Lipinski definition) is 4. The van der Waals surface area contributed by atoms with E-state index in [9.17, 15) is 19.2 Å². The van der Waals surface area contributed by atoms with Gasteiger partial charge in [0.05, 0.1) is 0 Å². The maximum atomic E-state index is 11.9. The Labute approximate surface area is 333 Å². The van der Waals surface area contributed by atoms with Gasteiger partial charge in [-0.15, -0.1) is 0 Å². The molecule has 0 bridgehead atoms. The molecule has 0 unspecified atom stereocenters. The van der Waals surface area contributed by atoms with Crippen LogP contribution in [0.5, 0.6) is 23.0 Å². The van der Waals surface area contributed by atoms with Gasteiger partial charge in [-0.05, 0) is 102 Å². The molecule has 0 atom stereocenters. The van der Waals surface area contributed by atoms with Gasteiger partial charge in [0.1, 0.15) is 23.0 Å². The van der Waals surface area contributed by atoms with Crippen molar-refractivity contribution in [3.63, 3.8) is 0 Å². The summed E-state index contributed by atoms with van der Waals surface area (Å²) in [7, 11) is 0. The Morgan fingerprint density at radius 3 is 0.929 bits per heavy atom. The van der Waals surface area contributed by atoms with Crippen LogP contribution >= 0.6 is 0 Å². The highest BCUT2D eigenvalue weighted by molar-refractivity contribution is 5.96. The Morgan fingerprint density at radius 1 is 0.357 bits per heavy atom. The van der Waals surface area contributed by atoms with Crippen molar-refractivity contribution in [2.45, 2.75) is 94.9 Å². The molecule has 4 aromatic rings. The van der Waals surface area contributed by atoms with Gasteiger partial charge >= 0.3 is 0 Å². The number of amides is 4. The number of carbonyl (C=O) groups excluding carboxylic acids is 4. The van der Waals surface area contributed by atoms with Crippen molar-refractivity contribution in [2.24, 2.45) is 23.7 Å². The van der Waals surface area contributed by atoms with Crippen molar-refractivity contribution >= 4 is 46.4 Å². The third-order valence-electron chi connectivity index (χ3n) is 8.54. The van der Waals surface area contributed by atoms with Crippen LogP contribution in [0.25, 0.3) is 0 Å². The highest BCUT2D eigenvalue weighted by Crippen LogP contribution is 2.34. The molecule has 0 spiro atoms. The zero-order valence-corrected chi connectivity index (χ0v) is 35.0. The summed E-state index contributed by atoms with van der Waals surface area (Å²) >= 11 is 0. The summed E-state index contributed by atoms with van der Waals surface area (Å²) in [6.45, 7) is 23.2. The summed E-state index contributed by atoms with van der Waals surface area (Å²) in [5, 5.41) is 11.5. The van der Waals surface area contributed by atoms with Crippen molar-refractivity contribution in [3.05, 3.63) is 96.1 Å². The summed E-state index contributed by atoms with van der Waals surface area (Å²) in [6.07, 6.45) is 0. The lowest BCUT2D eigenvalue weighted by Crippen LogP contribution is -2.20. The van der Waals surface area contributed by atoms with Crippen LogP contribution in [-0.4, -0.2) is 23.6 Å². The highest BCUT2D eigenvalue weighted by atomic mass is 16.5. The number of nitrogens with one attached hydrogen (secondary N) is 4. The predicted octanol–water partition coefficient (Wildman–Crippen LogP) is 11.6. The van der Waals surface area contributed by atoms with E-state index in [1.807, 2.05) is 134 Å². The number of ether oxygens (including phenoxy) is 2. The lowest BCUT2D eigenvalue weighted by atomic mass is 10.0. The maximum Gasteiger partial charge on any atom is 0.226 e. The van der Waals surface area contributed by atoms with E-state index in [0.717, 1.165) is 33.9 Å². The van der Waals surface area contributed by atoms with Crippen LogP contribution < -0.4 is 30.7 Å². The minimum atomic E-state index is -0.0851. The predicted molar refractivity (Wildman–Crippen MR) is 228 cm³/mol. The molecule has 56 heavy (non-hydrogen) atoms. The van der Waals surface area contributed by atoms with Gasteiger partial charge in [0.15, 0.2) is 0 Å². The summed E-state index contributed by atoms with van der Waals surface area (Å²) in [4.78, 5) is 47.5. The third kappa shape index (κ3) is 14.5. The van der Waals surface area contributed by atoms with Gasteiger partial charge in [0, 0.05) is 52.5 Å². The van der Waals surface area contributed by atoms with Crippen molar-refractivity contribution in [1.82, 2.24) is 0 Å². The number of hydrogen-bond acceptors (Lipinski definition) is 6. The molecule has 0 heterocycles. The van der Waals surface area contributed by atoms with Crippen LogP contribution in [0.3, 0.4) is 0 Å². The Balaban J connectivity index is 0.000000342. The first-order valence-electron chi connectivity index (χ1n) is 19.4. The van der Waals surface area contributed by atoms with Gasteiger partial charge in [0.25, 0.3) is 0 Å². The van der Waals surface area contributed by atoms with Gasteiger partial charge < -0.3 is 30.7 Å². The van der Waals surface area contributed by atoms with E-state index in [4.69, 9.17) is 9.47 Å². The molecule has 4 aromatic carbocycles. The fraction of sp³-hybridized carbons (Fsp3) is 0.391. The lowest BCUT2D eigenvalue weighted by molar-refractivity contribution is -0.119. The molecular formula is C46H60N4O6. The SMILES string of the molecule is CC(C)C(=O)Nc1cc(NC(=O)C(C)C)cc(C(C)C)c1.CC(C)C(=O)Nc1ccc(Oc2cc(Oc3ccc(NC(=O)C(C)C)cc3)cc(C(C)C)c2)cc1. The van der Waals surface area contributed by atoms with E-state index in [2.05, 4.69) is 49.0 Å². The zero-order valence-electron chi connectivity index (χ0n) is 35.0. The number of carbonyl (C=O) groups is 4. The van der Waals surface area contributed by atoms with Crippen LogP contribution in [-0.2, 0) is 19.2 Å².